The number of rotatable bonds is 10. The van der Waals surface area contributed by atoms with Crippen LogP contribution in [0.3, 0.4) is 0 Å². The lowest BCUT2D eigenvalue weighted by Crippen LogP contribution is -2.49. The van der Waals surface area contributed by atoms with Crippen molar-refractivity contribution >= 4 is 29.3 Å². The molecule has 41 heavy (non-hydrogen) atoms. The summed E-state index contributed by atoms with van der Waals surface area (Å²) in [5, 5.41) is 2.85. The number of ether oxygens (including phenoxy) is 1. The van der Waals surface area contributed by atoms with E-state index < -0.39 is 42.8 Å². The Bertz CT molecular complexity index is 1320. The molecule has 0 aromatic heterocycles. The highest BCUT2D eigenvalue weighted by Crippen LogP contribution is 2.37. The van der Waals surface area contributed by atoms with Gasteiger partial charge in [0.2, 0.25) is 5.91 Å². The molecule has 0 aliphatic carbocycles. The predicted molar refractivity (Wildman–Crippen MR) is 147 cm³/mol. The van der Waals surface area contributed by atoms with Gasteiger partial charge in [-0.15, -0.1) is 11.8 Å². The molecule has 2 atom stereocenters. The van der Waals surface area contributed by atoms with Crippen molar-refractivity contribution in [1.82, 2.24) is 5.32 Å². The van der Waals surface area contributed by atoms with Gasteiger partial charge in [-0.1, -0.05) is 31.2 Å². The largest absolute Gasteiger partial charge is 0.416 e. The third-order valence-corrected chi connectivity index (χ3v) is 7.73. The van der Waals surface area contributed by atoms with Gasteiger partial charge in [0.05, 0.1) is 24.1 Å². The van der Waals surface area contributed by atoms with Crippen LogP contribution in [-0.2, 0) is 22.3 Å². The summed E-state index contributed by atoms with van der Waals surface area (Å²) in [6.45, 7) is -1.04. The monoisotopic (exact) mass is 592 g/mol. The number of carbonyl (C=O) groups excluding carboxylic acids is 2. The zero-order valence-corrected chi connectivity index (χ0v) is 23.0. The van der Waals surface area contributed by atoms with Crippen LogP contribution < -0.4 is 10.2 Å². The van der Waals surface area contributed by atoms with Crippen LogP contribution in [0.15, 0.2) is 77.7 Å². The minimum Gasteiger partial charge on any atom is -0.348 e. The van der Waals surface area contributed by atoms with Gasteiger partial charge in [-0.05, 0) is 78.3 Å². The maximum absolute atomic E-state index is 13.6. The first-order valence-electron chi connectivity index (χ1n) is 13.1. The van der Waals surface area contributed by atoms with Crippen molar-refractivity contribution in [2.24, 2.45) is 0 Å². The van der Waals surface area contributed by atoms with E-state index in [9.17, 15) is 31.5 Å². The molecule has 3 aromatic carbocycles. The van der Waals surface area contributed by atoms with Crippen LogP contribution in [0.25, 0.3) is 0 Å². The standard InChI is InChI=1S/C30H29F5N2O3S/c1-2-41-25-14-3-19(4-15-25)17-36-27(38)21-7-11-23(12-8-21)37-24(18-40-29(31)32)13-16-26(28(37)39)20-5-9-22(10-6-20)30(33,34)35/h3-12,14-15,24,26,29H,2,13,16-18H2,1H3,(H,36,38). The molecule has 0 saturated carbocycles. The fourth-order valence-electron chi connectivity index (χ4n) is 4.78. The fraction of sp³-hybridized carbons (Fsp3) is 0.333. The van der Waals surface area contributed by atoms with Crippen LogP contribution in [0.2, 0.25) is 0 Å². The molecule has 2 amide bonds. The summed E-state index contributed by atoms with van der Waals surface area (Å²) in [6, 6.07) is 17.7. The Labute approximate surface area is 239 Å². The minimum atomic E-state index is -4.51. The van der Waals surface area contributed by atoms with Crippen LogP contribution in [0.5, 0.6) is 0 Å². The van der Waals surface area contributed by atoms with Gasteiger partial charge in [0, 0.05) is 22.7 Å². The van der Waals surface area contributed by atoms with Crippen molar-refractivity contribution < 1.29 is 36.3 Å². The summed E-state index contributed by atoms with van der Waals surface area (Å²) in [5.74, 6) is -0.565. The summed E-state index contributed by atoms with van der Waals surface area (Å²) in [6.07, 6.45) is -3.95. The predicted octanol–water partition coefficient (Wildman–Crippen LogP) is 7.27. The summed E-state index contributed by atoms with van der Waals surface area (Å²) < 4.78 is 69.2. The van der Waals surface area contributed by atoms with E-state index in [0.29, 0.717) is 29.8 Å². The lowest BCUT2D eigenvalue weighted by Gasteiger charge is -2.39. The number of nitrogens with one attached hydrogen (secondary N) is 1. The van der Waals surface area contributed by atoms with Crippen molar-refractivity contribution in [3.8, 4) is 0 Å². The average Bonchev–Trinajstić information content (AvgIpc) is 2.95. The molecule has 1 aliphatic rings. The van der Waals surface area contributed by atoms with Crippen LogP contribution in [0.1, 0.15) is 52.7 Å². The second-order valence-electron chi connectivity index (χ2n) is 9.51. The van der Waals surface area contributed by atoms with E-state index >= 15 is 0 Å². The van der Waals surface area contributed by atoms with Gasteiger partial charge in [0.15, 0.2) is 0 Å². The number of thioether (sulfide) groups is 1. The topological polar surface area (TPSA) is 58.6 Å². The third-order valence-electron chi connectivity index (χ3n) is 6.84. The molecule has 4 rings (SSSR count). The fourth-order valence-corrected chi connectivity index (χ4v) is 5.44. The molecular formula is C30H29F5N2O3S. The second kappa shape index (κ2) is 13.5. The quantitative estimate of drug-likeness (QED) is 0.199. The number of benzene rings is 3. The highest BCUT2D eigenvalue weighted by molar-refractivity contribution is 7.99. The minimum absolute atomic E-state index is 0.260. The van der Waals surface area contributed by atoms with E-state index in [1.165, 1.54) is 29.2 Å². The highest BCUT2D eigenvalue weighted by Gasteiger charge is 2.38. The Morgan fingerprint density at radius 3 is 2.24 bits per heavy atom. The Morgan fingerprint density at radius 1 is 1.00 bits per heavy atom. The number of hydrogen-bond acceptors (Lipinski definition) is 4. The van der Waals surface area contributed by atoms with E-state index in [0.717, 1.165) is 28.3 Å². The first kappa shape index (κ1) is 30.5. The van der Waals surface area contributed by atoms with Crippen molar-refractivity contribution in [2.75, 3.05) is 17.3 Å². The van der Waals surface area contributed by atoms with E-state index in [1.54, 1.807) is 23.9 Å². The molecule has 0 bridgehead atoms. The van der Waals surface area contributed by atoms with Crippen LogP contribution >= 0.6 is 11.8 Å². The Balaban J connectivity index is 1.49. The number of piperidine rings is 1. The van der Waals surface area contributed by atoms with Gasteiger partial charge in [0.1, 0.15) is 0 Å². The molecule has 1 fully saturated rings. The number of anilines is 1. The van der Waals surface area contributed by atoms with E-state index in [-0.39, 0.29) is 12.3 Å². The van der Waals surface area contributed by atoms with Gasteiger partial charge >= 0.3 is 12.8 Å². The highest BCUT2D eigenvalue weighted by atomic mass is 32.2. The van der Waals surface area contributed by atoms with Gasteiger partial charge in [-0.25, -0.2) is 0 Å². The zero-order valence-electron chi connectivity index (χ0n) is 22.2. The van der Waals surface area contributed by atoms with Crippen LogP contribution in [0, 0.1) is 0 Å². The molecule has 0 radical (unpaired) electrons. The van der Waals surface area contributed by atoms with E-state index in [4.69, 9.17) is 0 Å². The summed E-state index contributed by atoms with van der Waals surface area (Å²) >= 11 is 1.72. The maximum Gasteiger partial charge on any atom is 0.416 e. The first-order valence-corrected chi connectivity index (χ1v) is 14.1. The zero-order chi connectivity index (χ0) is 29.6. The number of amides is 2. The molecule has 1 saturated heterocycles. The van der Waals surface area contributed by atoms with Crippen molar-refractivity contribution in [1.29, 1.82) is 0 Å². The van der Waals surface area contributed by atoms with Gasteiger partial charge in [0.25, 0.3) is 5.91 Å². The number of hydrogen-bond donors (Lipinski definition) is 1. The van der Waals surface area contributed by atoms with Crippen LogP contribution in [-0.4, -0.2) is 36.8 Å². The SMILES string of the molecule is CCSc1ccc(CNC(=O)c2ccc(N3C(=O)C(c4ccc(C(F)(F)F)cc4)CCC3COC(F)F)cc2)cc1. The summed E-state index contributed by atoms with van der Waals surface area (Å²) in [5.41, 5.74) is 1.22. The van der Waals surface area contributed by atoms with Crippen molar-refractivity contribution in [3.05, 3.63) is 95.1 Å². The van der Waals surface area contributed by atoms with E-state index in [1.807, 2.05) is 24.3 Å². The number of alkyl halides is 5. The van der Waals surface area contributed by atoms with Gasteiger partial charge in [-0.3, -0.25) is 9.59 Å². The Morgan fingerprint density at radius 2 is 1.66 bits per heavy atom. The second-order valence-corrected chi connectivity index (χ2v) is 10.8. The molecule has 2 unspecified atom stereocenters. The normalized spacial score (nSPS) is 17.6. The molecule has 0 spiro atoms. The molecular weight excluding hydrogens is 563 g/mol. The summed E-state index contributed by atoms with van der Waals surface area (Å²) in [7, 11) is 0. The summed E-state index contributed by atoms with van der Waals surface area (Å²) in [4.78, 5) is 28.8. The molecule has 1 N–H and O–H groups in total. The molecule has 11 heteroatoms. The number of nitrogens with zero attached hydrogens (tertiary/aromatic N) is 1. The van der Waals surface area contributed by atoms with Crippen molar-refractivity contribution in [3.63, 3.8) is 0 Å². The molecule has 3 aromatic rings. The Kier molecular flexibility index (Phi) is 10.0. The number of halogens is 5. The Hall–Kier alpha value is -3.44. The third kappa shape index (κ3) is 7.85. The molecule has 1 heterocycles. The van der Waals surface area contributed by atoms with Crippen molar-refractivity contribution in [2.45, 2.75) is 56.0 Å². The number of carbonyl (C=O) groups is 2. The lowest BCUT2D eigenvalue weighted by molar-refractivity contribution is -0.138. The molecule has 218 valence electrons. The van der Waals surface area contributed by atoms with Gasteiger partial charge in [-0.2, -0.15) is 22.0 Å². The van der Waals surface area contributed by atoms with Gasteiger partial charge < -0.3 is 15.0 Å². The molecule has 5 nitrogen and oxygen atoms in total. The lowest BCUT2D eigenvalue weighted by atomic mass is 9.86. The average molecular weight is 593 g/mol. The van der Waals surface area contributed by atoms with E-state index in [2.05, 4.69) is 17.0 Å². The first-order chi connectivity index (χ1) is 19.6. The maximum atomic E-state index is 13.6. The van der Waals surface area contributed by atoms with Crippen LogP contribution in [0.4, 0.5) is 27.6 Å². The molecule has 1 aliphatic heterocycles. The smallest absolute Gasteiger partial charge is 0.348 e.